The largest absolute Gasteiger partial charge is 0.379 e. The number of carbonyl (C=O) groups is 1. The molecule has 2 N–H and O–H groups in total. The van der Waals surface area contributed by atoms with Crippen LogP contribution < -0.4 is 10.6 Å². The number of urea groups is 1. The van der Waals surface area contributed by atoms with Crippen molar-refractivity contribution in [3.05, 3.63) is 21.9 Å². The Morgan fingerprint density at radius 1 is 1.47 bits per heavy atom. The van der Waals surface area contributed by atoms with Crippen molar-refractivity contribution in [2.45, 2.75) is 51.3 Å². The summed E-state index contributed by atoms with van der Waals surface area (Å²) in [6, 6.07) is 2.12. The van der Waals surface area contributed by atoms with E-state index in [1.807, 2.05) is 5.38 Å². The molecule has 2 rings (SSSR count). The molecule has 1 aromatic rings. The van der Waals surface area contributed by atoms with E-state index in [1.165, 1.54) is 16.9 Å². The quantitative estimate of drug-likeness (QED) is 0.892. The van der Waals surface area contributed by atoms with Crippen molar-refractivity contribution in [3.8, 4) is 0 Å². The summed E-state index contributed by atoms with van der Waals surface area (Å²) in [4.78, 5) is 13.1. The fourth-order valence-corrected chi connectivity index (χ4v) is 3.36. The second-order valence-corrected chi connectivity index (χ2v) is 6.02. The third-order valence-corrected chi connectivity index (χ3v) is 4.72. The summed E-state index contributed by atoms with van der Waals surface area (Å²) >= 11 is 1.68. The van der Waals surface area contributed by atoms with Gasteiger partial charge in [-0.05, 0) is 36.8 Å². The van der Waals surface area contributed by atoms with Crippen LogP contribution in [0.25, 0.3) is 0 Å². The Morgan fingerprint density at radius 2 is 2.26 bits per heavy atom. The summed E-state index contributed by atoms with van der Waals surface area (Å²) in [5.41, 5.74) is 1.23. The first kappa shape index (κ1) is 14.3. The van der Waals surface area contributed by atoms with Crippen LogP contribution in [0.15, 0.2) is 11.4 Å². The molecule has 1 aliphatic carbocycles. The Hall–Kier alpha value is -1.07. The number of rotatable bonds is 4. The smallest absolute Gasteiger partial charge is 0.315 e. The maximum atomic E-state index is 11.9. The van der Waals surface area contributed by atoms with Crippen LogP contribution in [0.3, 0.4) is 0 Å². The fourth-order valence-electron chi connectivity index (χ4n) is 2.51. The normalized spacial score (nSPS) is 23.1. The molecule has 0 bridgehead atoms. The van der Waals surface area contributed by atoms with Gasteiger partial charge in [-0.1, -0.05) is 12.8 Å². The number of carbonyl (C=O) groups excluding carboxylic acids is 1. The third-order valence-electron chi connectivity index (χ3n) is 3.70. The lowest BCUT2D eigenvalue weighted by Crippen LogP contribution is -2.49. The number of ether oxygens (including phenoxy) is 1. The molecule has 2 atom stereocenters. The van der Waals surface area contributed by atoms with E-state index in [-0.39, 0.29) is 18.2 Å². The SMILES string of the molecule is CO[C@@H]1CCCC[C@@H]1NC(=O)NCc1sccc1C. The lowest BCUT2D eigenvalue weighted by atomic mass is 9.92. The molecule has 0 radical (unpaired) electrons. The molecule has 0 saturated heterocycles. The zero-order valence-corrected chi connectivity index (χ0v) is 12.4. The molecule has 1 aromatic heterocycles. The van der Waals surface area contributed by atoms with Crippen LogP contribution in [0.2, 0.25) is 0 Å². The maximum Gasteiger partial charge on any atom is 0.315 e. The Balaban J connectivity index is 1.79. The van der Waals surface area contributed by atoms with E-state index in [0.29, 0.717) is 6.54 Å². The predicted octanol–water partition coefficient (Wildman–Crippen LogP) is 2.81. The van der Waals surface area contributed by atoms with Crippen LogP contribution in [0, 0.1) is 6.92 Å². The van der Waals surface area contributed by atoms with Crippen molar-refractivity contribution < 1.29 is 9.53 Å². The van der Waals surface area contributed by atoms with E-state index >= 15 is 0 Å². The average molecular weight is 282 g/mol. The zero-order chi connectivity index (χ0) is 13.7. The van der Waals surface area contributed by atoms with Gasteiger partial charge in [0.2, 0.25) is 0 Å². The van der Waals surface area contributed by atoms with Gasteiger partial charge in [0.25, 0.3) is 0 Å². The van der Waals surface area contributed by atoms with Crippen molar-refractivity contribution in [2.75, 3.05) is 7.11 Å². The molecule has 0 spiro atoms. The van der Waals surface area contributed by atoms with E-state index in [4.69, 9.17) is 4.74 Å². The molecule has 1 aliphatic rings. The van der Waals surface area contributed by atoms with Gasteiger partial charge in [-0.25, -0.2) is 4.79 Å². The van der Waals surface area contributed by atoms with Gasteiger partial charge in [0.05, 0.1) is 18.7 Å². The molecular formula is C14H22N2O2S. The van der Waals surface area contributed by atoms with Gasteiger partial charge in [-0.15, -0.1) is 11.3 Å². The van der Waals surface area contributed by atoms with E-state index in [1.54, 1.807) is 18.4 Å². The number of aryl methyl sites for hydroxylation is 1. The summed E-state index contributed by atoms with van der Waals surface area (Å²) in [6.07, 6.45) is 4.54. The second-order valence-electron chi connectivity index (χ2n) is 5.02. The Morgan fingerprint density at radius 3 is 2.95 bits per heavy atom. The van der Waals surface area contributed by atoms with Gasteiger partial charge in [0.1, 0.15) is 0 Å². The van der Waals surface area contributed by atoms with Crippen molar-refractivity contribution in [1.29, 1.82) is 0 Å². The van der Waals surface area contributed by atoms with Crippen LogP contribution in [-0.2, 0) is 11.3 Å². The number of hydrogen-bond acceptors (Lipinski definition) is 3. The van der Waals surface area contributed by atoms with E-state index in [2.05, 4.69) is 23.6 Å². The molecule has 1 fully saturated rings. The maximum absolute atomic E-state index is 11.9. The van der Waals surface area contributed by atoms with Gasteiger partial charge in [0, 0.05) is 12.0 Å². The molecular weight excluding hydrogens is 260 g/mol. The number of hydrogen-bond donors (Lipinski definition) is 2. The first-order valence-electron chi connectivity index (χ1n) is 6.81. The Bertz CT molecular complexity index is 419. The van der Waals surface area contributed by atoms with Crippen molar-refractivity contribution >= 4 is 17.4 Å². The van der Waals surface area contributed by atoms with Gasteiger partial charge in [-0.2, -0.15) is 0 Å². The first-order chi connectivity index (χ1) is 9.20. The molecule has 2 amide bonds. The minimum Gasteiger partial charge on any atom is -0.379 e. The summed E-state index contributed by atoms with van der Waals surface area (Å²) in [5, 5.41) is 8.00. The standard InChI is InChI=1S/C14H22N2O2S/c1-10-7-8-19-13(10)9-15-14(17)16-11-5-3-4-6-12(11)18-2/h7-8,11-12H,3-6,9H2,1-2H3,(H2,15,16,17)/t11-,12+/m0/s1. The lowest BCUT2D eigenvalue weighted by molar-refractivity contribution is 0.0452. The lowest BCUT2D eigenvalue weighted by Gasteiger charge is -2.31. The van der Waals surface area contributed by atoms with E-state index in [9.17, 15) is 4.79 Å². The highest BCUT2D eigenvalue weighted by Gasteiger charge is 2.26. The number of methoxy groups -OCH3 is 1. The molecule has 0 aliphatic heterocycles. The predicted molar refractivity (Wildman–Crippen MR) is 77.5 cm³/mol. The van der Waals surface area contributed by atoms with Crippen molar-refractivity contribution in [3.63, 3.8) is 0 Å². The van der Waals surface area contributed by atoms with Crippen molar-refractivity contribution in [1.82, 2.24) is 10.6 Å². The van der Waals surface area contributed by atoms with Crippen LogP contribution in [0.4, 0.5) is 4.79 Å². The van der Waals surface area contributed by atoms with Gasteiger partial charge in [0.15, 0.2) is 0 Å². The summed E-state index contributed by atoms with van der Waals surface area (Å²) < 4.78 is 5.43. The number of amides is 2. The number of nitrogens with one attached hydrogen (secondary N) is 2. The minimum absolute atomic E-state index is 0.0956. The van der Waals surface area contributed by atoms with Gasteiger partial charge >= 0.3 is 6.03 Å². The summed E-state index contributed by atoms with van der Waals surface area (Å²) in [6.45, 7) is 2.66. The van der Waals surface area contributed by atoms with Crippen LogP contribution in [0.1, 0.15) is 36.1 Å². The Kier molecular flexibility index (Phi) is 5.22. The number of thiophene rings is 1. The molecule has 0 unspecified atom stereocenters. The zero-order valence-electron chi connectivity index (χ0n) is 11.6. The topological polar surface area (TPSA) is 50.4 Å². The second kappa shape index (κ2) is 6.91. The monoisotopic (exact) mass is 282 g/mol. The Labute approximate surface area is 118 Å². The van der Waals surface area contributed by atoms with Crippen LogP contribution in [-0.4, -0.2) is 25.3 Å². The summed E-state index contributed by atoms with van der Waals surface area (Å²) in [5.74, 6) is 0. The third kappa shape index (κ3) is 3.94. The first-order valence-corrected chi connectivity index (χ1v) is 7.69. The van der Waals surface area contributed by atoms with Gasteiger partial charge < -0.3 is 15.4 Å². The van der Waals surface area contributed by atoms with Crippen LogP contribution >= 0.6 is 11.3 Å². The molecule has 1 heterocycles. The highest BCUT2D eigenvalue weighted by Crippen LogP contribution is 2.20. The van der Waals surface area contributed by atoms with Gasteiger partial charge in [-0.3, -0.25) is 0 Å². The van der Waals surface area contributed by atoms with E-state index in [0.717, 1.165) is 19.3 Å². The highest BCUT2D eigenvalue weighted by atomic mass is 32.1. The fraction of sp³-hybridized carbons (Fsp3) is 0.643. The molecule has 4 nitrogen and oxygen atoms in total. The molecule has 1 saturated carbocycles. The summed E-state index contributed by atoms with van der Waals surface area (Å²) in [7, 11) is 1.72. The highest BCUT2D eigenvalue weighted by molar-refractivity contribution is 7.10. The van der Waals surface area contributed by atoms with Crippen LogP contribution in [0.5, 0.6) is 0 Å². The molecule has 19 heavy (non-hydrogen) atoms. The molecule has 0 aromatic carbocycles. The van der Waals surface area contributed by atoms with E-state index < -0.39 is 0 Å². The minimum atomic E-state index is -0.0956. The molecule has 106 valence electrons. The average Bonchev–Trinajstić information content (AvgIpc) is 2.82. The van der Waals surface area contributed by atoms with Crippen molar-refractivity contribution in [2.24, 2.45) is 0 Å². The molecule has 5 heteroatoms.